The zero-order valence-corrected chi connectivity index (χ0v) is 14.2. The third-order valence-electron chi connectivity index (χ3n) is 4.86. The second-order valence-corrected chi connectivity index (χ2v) is 6.90. The van der Waals surface area contributed by atoms with Gasteiger partial charge in [0.15, 0.2) is 5.78 Å². The lowest BCUT2D eigenvalue weighted by atomic mass is 10.00. The Hall–Kier alpha value is -0.940. The molecule has 0 spiro atoms. The molecule has 0 aromatic rings. The van der Waals surface area contributed by atoms with Crippen molar-refractivity contribution in [1.82, 2.24) is 0 Å². The topological polar surface area (TPSA) is 72.8 Å². The molecule has 0 aromatic carbocycles. The molecule has 2 bridgehead atoms. The fraction of sp³-hybridized carbons (Fsp3) is 0.889. The SMILES string of the molecule is CCCCC[C@H]1CCCCC[C@H]2CC(=O)[C@@](O)(CCC(=O)O1)O2. The van der Waals surface area contributed by atoms with Gasteiger partial charge >= 0.3 is 5.97 Å². The van der Waals surface area contributed by atoms with Crippen LogP contribution in [0.4, 0.5) is 0 Å². The van der Waals surface area contributed by atoms with Crippen molar-refractivity contribution in [1.29, 1.82) is 0 Å². The number of ketones is 1. The molecule has 5 heteroatoms. The van der Waals surface area contributed by atoms with Crippen LogP contribution in [0.1, 0.15) is 84.0 Å². The number of Topliss-reactive ketones (excluding diaryl/α,β-unsaturated/α-hetero) is 1. The summed E-state index contributed by atoms with van der Waals surface area (Å²) in [7, 11) is 0. The van der Waals surface area contributed by atoms with Crippen molar-refractivity contribution in [2.75, 3.05) is 0 Å². The Morgan fingerprint density at radius 1 is 1.17 bits per heavy atom. The van der Waals surface area contributed by atoms with Crippen LogP contribution in [-0.2, 0) is 19.1 Å². The van der Waals surface area contributed by atoms with Crippen molar-refractivity contribution in [2.24, 2.45) is 0 Å². The van der Waals surface area contributed by atoms with Gasteiger partial charge in [0.25, 0.3) is 0 Å². The predicted molar refractivity (Wildman–Crippen MR) is 85.8 cm³/mol. The molecule has 23 heavy (non-hydrogen) atoms. The van der Waals surface area contributed by atoms with Gasteiger partial charge in [-0.15, -0.1) is 0 Å². The fourth-order valence-electron chi connectivity index (χ4n) is 3.43. The van der Waals surface area contributed by atoms with Gasteiger partial charge in [0.1, 0.15) is 6.10 Å². The van der Waals surface area contributed by atoms with Gasteiger partial charge in [-0.05, 0) is 32.1 Å². The number of ether oxygens (including phenoxy) is 2. The summed E-state index contributed by atoms with van der Waals surface area (Å²) in [6.45, 7) is 2.16. The molecule has 2 fully saturated rings. The van der Waals surface area contributed by atoms with Gasteiger partial charge in [0.2, 0.25) is 5.79 Å². The molecule has 0 unspecified atom stereocenters. The molecule has 0 radical (unpaired) electrons. The zero-order valence-electron chi connectivity index (χ0n) is 14.2. The van der Waals surface area contributed by atoms with Crippen LogP contribution in [-0.4, -0.2) is 34.9 Å². The van der Waals surface area contributed by atoms with Crippen LogP contribution < -0.4 is 0 Å². The van der Waals surface area contributed by atoms with E-state index in [2.05, 4.69) is 6.92 Å². The number of unbranched alkanes of at least 4 members (excludes halogenated alkanes) is 2. The monoisotopic (exact) mass is 326 g/mol. The standard InChI is InChI=1S/C18H30O5/c1-2-3-5-8-14-9-6-4-7-10-15-13-16(19)18(21,23-15)12-11-17(20)22-14/h14-15,21H,2-13H2,1H3/t14-,15-,18+/m0/s1. The average molecular weight is 326 g/mol. The molecule has 5 nitrogen and oxygen atoms in total. The van der Waals surface area contributed by atoms with Crippen LogP contribution in [0, 0.1) is 0 Å². The van der Waals surface area contributed by atoms with Crippen molar-refractivity contribution < 1.29 is 24.2 Å². The first-order valence-electron chi connectivity index (χ1n) is 9.16. The van der Waals surface area contributed by atoms with E-state index in [0.717, 1.165) is 57.8 Å². The number of fused-ring (bicyclic) bond motifs is 2. The van der Waals surface area contributed by atoms with Gasteiger partial charge in [0.05, 0.1) is 12.5 Å². The summed E-state index contributed by atoms with van der Waals surface area (Å²) >= 11 is 0. The van der Waals surface area contributed by atoms with E-state index >= 15 is 0 Å². The lowest BCUT2D eigenvalue weighted by molar-refractivity contribution is -0.200. The lowest BCUT2D eigenvalue weighted by Gasteiger charge is -2.22. The number of cyclic esters (lactones) is 1. The number of rotatable bonds is 4. The lowest BCUT2D eigenvalue weighted by Crippen LogP contribution is -2.36. The molecule has 2 aliphatic rings. The number of carbonyl (C=O) groups is 2. The van der Waals surface area contributed by atoms with E-state index in [-0.39, 0.29) is 43.2 Å². The van der Waals surface area contributed by atoms with Gasteiger partial charge in [-0.2, -0.15) is 0 Å². The fourth-order valence-corrected chi connectivity index (χ4v) is 3.43. The molecule has 2 saturated heterocycles. The van der Waals surface area contributed by atoms with Gasteiger partial charge in [-0.3, -0.25) is 9.59 Å². The van der Waals surface area contributed by atoms with Crippen LogP contribution in [0.5, 0.6) is 0 Å². The van der Waals surface area contributed by atoms with Gasteiger partial charge in [-0.25, -0.2) is 0 Å². The molecule has 2 rings (SSSR count). The van der Waals surface area contributed by atoms with Crippen molar-refractivity contribution in [3.05, 3.63) is 0 Å². The molecule has 2 aliphatic heterocycles. The van der Waals surface area contributed by atoms with E-state index in [1.807, 2.05) is 0 Å². The molecule has 0 aromatic heterocycles. The summed E-state index contributed by atoms with van der Waals surface area (Å²) in [5.41, 5.74) is 0. The second kappa shape index (κ2) is 8.78. The van der Waals surface area contributed by atoms with Crippen LogP contribution in [0.2, 0.25) is 0 Å². The van der Waals surface area contributed by atoms with E-state index < -0.39 is 5.79 Å². The molecule has 3 atom stereocenters. The van der Waals surface area contributed by atoms with Crippen LogP contribution in [0.3, 0.4) is 0 Å². The van der Waals surface area contributed by atoms with E-state index in [1.165, 1.54) is 0 Å². The first-order valence-corrected chi connectivity index (χ1v) is 9.16. The first kappa shape index (κ1) is 18.4. The Bertz CT molecular complexity index is 408. The van der Waals surface area contributed by atoms with Crippen LogP contribution in [0.25, 0.3) is 0 Å². The summed E-state index contributed by atoms with van der Waals surface area (Å²) < 4.78 is 11.1. The molecular formula is C18H30O5. The van der Waals surface area contributed by atoms with Crippen LogP contribution in [0.15, 0.2) is 0 Å². The van der Waals surface area contributed by atoms with Crippen molar-refractivity contribution >= 4 is 11.8 Å². The number of esters is 1. The largest absolute Gasteiger partial charge is 0.462 e. The number of hydrogen-bond donors (Lipinski definition) is 1. The molecule has 0 amide bonds. The molecule has 0 saturated carbocycles. The third-order valence-corrected chi connectivity index (χ3v) is 4.86. The maximum Gasteiger partial charge on any atom is 0.306 e. The number of hydrogen-bond acceptors (Lipinski definition) is 5. The molecule has 1 N–H and O–H groups in total. The van der Waals surface area contributed by atoms with Crippen molar-refractivity contribution in [3.8, 4) is 0 Å². The minimum atomic E-state index is -1.78. The van der Waals surface area contributed by atoms with E-state index in [0.29, 0.717) is 0 Å². The van der Waals surface area contributed by atoms with Gasteiger partial charge in [0, 0.05) is 12.8 Å². The van der Waals surface area contributed by atoms with Crippen molar-refractivity contribution in [3.63, 3.8) is 0 Å². The Morgan fingerprint density at radius 2 is 1.96 bits per heavy atom. The Kier molecular flexibility index (Phi) is 7.03. The Morgan fingerprint density at radius 3 is 2.74 bits per heavy atom. The maximum atomic E-state index is 12.1. The minimum Gasteiger partial charge on any atom is -0.462 e. The zero-order chi connectivity index (χ0) is 16.7. The van der Waals surface area contributed by atoms with Gasteiger partial charge in [-0.1, -0.05) is 32.6 Å². The molecular weight excluding hydrogens is 296 g/mol. The summed E-state index contributed by atoms with van der Waals surface area (Å²) in [6.07, 6.45) is 9.06. The highest BCUT2D eigenvalue weighted by molar-refractivity contribution is 5.88. The number of aliphatic hydroxyl groups is 1. The molecule has 2 heterocycles. The summed E-state index contributed by atoms with van der Waals surface area (Å²) in [4.78, 5) is 24.0. The quantitative estimate of drug-likeness (QED) is 0.634. The Balaban J connectivity index is 1.93. The highest BCUT2D eigenvalue weighted by Gasteiger charge is 2.46. The van der Waals surface area contributed by atoms with Gasteiger partial charge < -0.3 is 14.6 Å². The third kappa shape index (κ3) is 5.57. The minimum absolute atomic E-state index is 0.00282. The van der Waals surface area contributed by atoms with E-state index in [4.69, 9.17) is 9.47 Å². The highest BCUT2D eigenvalue weighted by atomic mass is 16.6. The van der Waals surface area contributed by atoms with Crippen LogP contribution >= 0.6 is 0 Å². The van der Waals surface area contributed by atoms with E-state index in [9.17, 15) is 14.7 Å². The average Bonchev–Trinajstić information content (AvgIpc) is 2.80. The smallest absolute Gasteiger partial charge is 0.306 e. The van der Waals surface area contributed by atoms with Crippen molar-refractivity contribution in [2.45, 2.75) is 102 Å². The summed E-state index contributed by atoms with van der Waals surface area (Å²) in [5, 5.41) is 10.3. The molecule has 0 aliphatic carbocycles. The molecule has 132 valence electrons. The second-order valence-electron chi connectivity index (χ2n) is 6.90. The maximum absolute atomic E-state index is 12.1. The predicted octanol–water partition coefficient (Wildman–Crippen LogP) is 3.27. The first-order chi connectivity index (χ1) is 11.0. The summed E-state index contributed by atoms with van der Waals surface area (Å²) in [5.74, 6) is -2.42. The van der Waals surface area contributed by atoms with E-state index in [1.54, 1.807) is 0 Å². The summed E-state index contributed by atoms with van der Waals surface area (Å²) in [6, 6.07) is 0. The Labute approximate surface area is 138 Å². The normalized spacial score (nSPS) is 33.5. The number of carbonyl (C=O) groups excluding carboxylic acids is 2. The highest BCUT2D eigenvalue weighted by Crippen LogP contribution is 2.32.